The standard InChI is InChI=1S/C18H23N3OS/c1-14-17(13-23-20-14)18(22)19-10-16-8-5-9-21(12-16)11-15-6-3-2-4-7-15/h2-4,6-7,13,16H,5,8-12H2,1H3,(H,19,22). The van der Waals surface area contributed by atoms with Crippen LogP contribution in [0.3, 0.4) is 0 Å². The first-order valence-electron chi connectivity index (χ1n) is 8.18. The van der Waals surface area contributed by atoms with E-state index < -0.39 is 0 Å². The first kappa shape index (κ1) is 16.1. The Kier molecular flexibility index (Phi) is 5.41. The smallest absolute Gasteiger partial charge is 0.254 e. The van der Waals surface area contributed by atoms with Crippen LogP contribution in [0.4, 0.5) is 0 Å². The molecule has 0 radical (unpaired) electrons. The van der Waals surface area contributed by atoms with Gasteiger partial charge in [0.05, 0.1) is 11.3 Å². The van der Waals surface area contributed by atoms with Crippen molar-refractivity contribution in [3.05, 3.63) is 52.5 Å². The monoisotopic (exact) mass is 329 g/mol. The second kappa shape index (κ2) is 7.70. The third-order valence-corrected chi connectivity index (χ3v) is 5.12. The van der Waals surface area contributed by atoms with E-state index in [1.807, 2.05) is 12.3 Å². The van der Waals surface area contributed by atoms with Crippen LogP contribution < -0.4 is 5.32 Å². The lowest BCUT2D eigenvalue weighted by Gasteiger charge is -2.32. The maximum Gasteiger partial charge on any atom is 0.254 e. The first-order chi connectivity index (χ1) is 11.2. The van der Waals surface area contributed by atoms with E-state index >= 15 is 0 Å². The molecule has 0 aliphatic carbocycles. The minimum absolute atomic E-state index is 0.0106. The molecule has 1 atom stereocenters. The summed E-state index contributed by atoms with van der Waals surface area (Å²) in [6, 6.07) is 10.6. The molecule has 1 unspecified atom stereocenters. The van der Waals surface area contributed by atoms with Crippen molar-refractivity contribution < 1.29 is 4.79 Å². The fourth-order valence-electron chi connectivity index (χ4n) is 3.15. The number of nitrogens with zero attached hydrogens (tertiary/aromatic N) is 2. The summed E-state index contributed by atoms with van der Waals surface area (Å²) in [6.45, 7) is 5.83. The summed E-state index contributed by atoms with van der Waals surface area (Å²) >= 11 is 1.34. The number of carbonyl (C=O) groups is 1. The largest absolute Gasteiger partial charge is 0.352 e. The Morgan fingerprint density at radius 2 is 2.22 bits per heavy atom. The molecule has 5 heteroatoms. The van der Waals surface area contributed by atoms with Gasteiger partial charge in [-0.15, -0.1) is 0 Å². The van der Waals surface area contributed by atoms with Crippen molar-refractivity contribution >= 4 is 17.4 Å². The quantitative estimate of drug-likeness (QED) is 0.917. The fourth-order valence-corrected chi connectivity index (χ4v) is 3.84. The summed E-state index contributed by atoms with van der Waals surface area (Å²) in [5, 5.41) is 4.91. The molecule has 0 spiro atoms. The zero-order valence-electron chi connectivity index (χ0n) is 13.5. The normalized spacial score (nSPS) is 18.7. The predicted molar refractivity (Wildman–Crippen MR) is 93.6 cm³/mol. The van der Waals surface area contributed by atoms with Crippen LogP contribution in [-0.4, -0.2) is 34.8 Å². The average Bonchev–Trinajstić information content (AvgIpc) is 3.00. The molecule has 1 fully saturated rings. The maximum absolute atomic E-state index is 12.2. The number of amides is 1. The lowest BCUT2D eigenvalue weighted by molar-refractivity contribution is 0.0930. The fraction of sp³-hybridized carbons (Fsp3) is 0.444. The molecule has 23 heavy (non-hydrogen) atoms. The number of nitrogens with one attached hydrogen (secondary N) is 1. The van der Waals surface area contributed by atoms with E-state index in [0.29, 0.717) is 11.5 Å². The molecule has 0 bridgehead atoms. The average molecular weight is 329 g/mol. The number of rotatable bonds is 5. The maximum atomic E-state index is 12.2. The minimum Gasteiger partial charge on any atom is -0.352 e. The van der Waals surface area contributed by atoms with Gasteiger partial charge in [-0.05, 0) is 49.3 Å². The second-order valence-electron chi connectivity index (χ2n) is 6.25. The highest BCUT2D eigenvalue weighted by Gasteiger charge is 2.21. The van der Waals surface area contributed by atoms with Gasteiger partial charge in [-0.2, -0.15) is 4.37 Å². The van der Waals surface area contributed by atoms with Crippen LogP contribution in [0.1, 0.15) is 34.5 Å². The Morgan fingerprint density at radius 3 is 2.96 bits per heavy atom. The number of aromatic nitrogens is 1. The Hall–Kier alpha value is -1.72. The lowest BCUT2D eigenvalue weighted by atomic mass is 9.97. The predicted octanol–water partition coefficient (Wildman–Crippen LogP) is 3.09. The molecule has 122 valence electrons. The highest BCUT2D eigenvalue weighted by atomic mass is 32.1. The van der Waals surface area contributed by atoms with E-state index in [2.05, 4.69) is 44.9 Å². The molecule has 2 aromatic rings. The first-order valence-corrected chi connectivity index (χ1v) is 9.01. The van der Waals surface area contributed by atoms with Crippen LogP contribution in [0.2, 0.25) is 0 Å². The molecule has 1 aliphatic heterocycles. The summed E-state index contributed by atoms with van der Waals surface area (Å²) in [4.78, 5) is 14.7. The molecular weight excluding hydrogens is 306 g/mol. The number of hydrogen-bond acceptors (Lipinski definition) is 4. The molecule has 1 aliphatic rings. The third-order valence-electron chi connectivity index (χ3n) is 4.40. The van der Waals surface area contributed by atoms with Crippen molar-refractivity contribution in [3.8, 4) is 0 Å². The molecule has 1 N–H and O–H groups in total. The zero-order valence-corrected chi connectivity index (χ0v) is 14.3. The lowest BCUT2D eigenvalue weighted by Crippen LogP contribution is -2.40. The Morgan fingerprint density at radius 1 is 1.39 bits per heavy atom. The van der Waals surface area contributed by atoms with Crippen LogP contribution in [0, 0.1) is 12.8 Å². The van der Waals surface area contributed by atoms with Crippen molar-refractivity contribution in [3.63, 3.8) is 0 Å². The van der Waals surface area contributed by atoms with E-state index in [1.54, 1.807) is 0 Å². The minimum atomic E-state index is 0.0106. The van der Waals surface area contributed by atoms with Crippen LogP contribution >= 0.6 is 11.5 Å². The van der Waals surface area contributed by atoms with Gasteiger partial charge in [0.1, 0.15) is 0 Å². The second-order valence-corrected chi connectivity index (χ2v) is 6.88. The third kappa shape index (κ3) is 4.39. The summed E-state index contributed by atoms with van der Waals surface area (Å²) in [5.41, 5.74) is 2.89. The van der Waals surface area contributed by atoms with Crippen LogP contribution in [0.25, 0.3) is 0 Å². The molecule has 1 amide bonds. The number of benzene rings is 1. The molecule has 3 rings (SSSR count). The molecule has 4 nitrogen and oxygen atoms in total. The molecule has 1 aromatic carbocycles. The highest BCUT2D eigenvalue weighted by molar-refractivity contribution is 7.03. The van der Waals surface area contributed by atoms with Crippen molar-refractivity contribution in [2.45, 2.75) is 26.3 Å². The Bertz CT molecular complexity index is 641. The van der Waals surface area contributed by atoms with Crippen LogP contribution in [0.5, 0.6) is 0 Å². The molecular formula is C18H23N3OS. The van der Waals surface area contributed by atoms with Gasteiger partial charge in [-0.1, -0.05) is 30.3 Å². The highest BCUT2D eigenvalue weighted by Crippen LogP contribution is 2.18. The molecule has 1 aromatic heterocycles. The van der Waals surface area contributed by atoms with E-state index in [9.17, 15) is 4.79 Å². The van der Waals surface area contributed by atoms with Gasteiger partial charge in [-0.25, -0.2) is 0 Å². The SMILES string of the molecule is Cc1nscc1C(=O)NCC1CCCN(Cc2ccccc2)C1. The summed E-state index contributed by atoms with van der Waals surface area (Å²) in [5.74, 6) is 0.541. The topological polar surface area (TPSA) is 45.2 Å². The molecule has 2 heterocycles. The Labute approximate surface area is 141 Å². The van der Waals surface area contributed by atoms with Gasteiger partial charge in [-0.3, -0.25) is 9.69 Å². The number of hydrogen-bond donors (Lipinski definition) is 1. The van der Waals surface area contributed by atoms with E-state index in [1.165, 1.54) is 29.9 Å². The van der Waals surface area contributed by atoms with Gasteiger partial charge >= 0.3 is 0 Å². The number of aryl methyl sites for hydroxylation is 1. The van der Waals surface area contributed by atoms with Gasteiger partial charge in [0, 0.05) is 25.0 Å². The van der Waals surface area contributed by atoms with Gasteiger partial charge < -0.3 is 5.32 Å². The number of likely N-dealkylation sites (tertiary alicyclic amines) is 1. The van der Waals surface area contributed by atoms with Crippen molar-refractivity contribution in [2.24, 2.45) is 5.92 Å². The van der Waals surface area contributed by atoms with Crippen molar-refractivity contribution in [1.29, 1.82) is 0 Å². The summed E-state index contributed by atoms with van der Waals surface area (Å²) in [6.07, 6.45) is 2.39. The molecule has 0 saturated carbocycles. The van der Waals surface area contributed by atoms with Gasteiger partial charge in [0.2, 0.25) is 0 Å². The summed E-state index contributed by atoms with van der Waals surface area (Å²) in [7, 11) is 0. The molecule has 1 saturated heterocycles. The van der Waals surface area contributed by atoms with E-state index in [4.69, 9.17) is 0 Å². The van der Waals surface area contributed by atoms with Crippen molar-refractivity contribution in [2.75, 3.05) is 19.6 Å². The van der Waals surface area contributed by atoms with Gasteiger partial charge in [0.15, 0.2) is 0 Å². The van der Waals surface area contributed by atoms with Crippen molar-refractivity contribution in [1.82, 2.24) is 14.6 Å². The van der Waals surface area contributed by atoms with E-state index in [0.717, 1.165) is 31.9 Å². The number of piperidine rings is 1. The summed E-state index contributed by atoms with van der Waals surface area (Å²) < 4.78 is 4.16. The van der Waals surface area contributed by atoms with Crippen LogP contribution in [-0.2, 0) is 6.54 Å². The van der Waals surface area contributed by atoms with E-state index in [-0.39, 0.29) is 5.91 Å². The van der Waals surface area contributed by atoms with Crippen LogP contribution in [0.15, 0.2) is 35.7 Å². The number of carbonyl (C=O) groups excluding carboxylic acids is 1. The zero-order chi connectivity index (χ0) is 16.1. The van der Waals surface area contributed by atoms with Gasteiger partial charge in [0.25, 0.3) is 5.91 Å². The Balaban J connectivity index is 1.49.